The highest BCUT2D eigenvalue weighted by atomic mass is 19.3. The minimum absolute atomic E-state index is 0.0667. The lowest BCUT2D eigenvalue weighted by atomic mass is 10.1. The number of hydrogen-bond donors (Lipinski definition) is 1. The van der Waals surface area contributed by atoms with Crippen molar-refractivity contribution < 1.29 is 18.3 Å². The van der Waals surface area contributed by atoms with E-state index in [0.717, 1.165) is 18.5 Å². The van der Waals surface area contributed by atoms with E-state index >= 15 is 0 Å². The van der Waals surface area contributed by atoms with Gasteiger partial charge in [0.25, 0.3) is 0 Å². The van der Waals surface area contributed by atoms with Gasteiger partial charge >= 0.3 is 6.61 Å². The molecule has 5 heteroatoms. The molecule has 0 saturated carbocycles. The van der Waals surface area contributed by atoms with Crippen LogP contribution in [0.3, 0.4) is 0 Å². The Balaban J connectivity index is 3.05. The van der Waals surface area contributed by atoms with E-state index in [9.17, 15) is 8.78 Å². The third-order valence-corrected chi connectivity index (χ3v) is 3.20. The van der Waals surface area contributed by atoms with Crippen LogP contribution in [-0.2, 0) is 0 Å². The summed E-state index contributed by atoms with van der Waals surface area (Å²) in [6.07, 6.45) is 2.88. The van der Waals surface area contributed by atoms with Gasteiger partial charge in [0.05, 0.1) is 7.11 Å². The molecule has 0 aliphatic rings. The Kier molecular flexibility index (Phi) is 7.15. The molecular formula is C16H23F2NO2. The van der Waals surface area contributed by atoms with Crippen molar-refractivity contribution >= 4 is 6.08 Å². The zero-order valence-electron chi connectivity index (χ0n) is 13.0. The van der Waals surface area contributed by atoms with Gasteiger partial charge in [-0.25, -0.2) is 0 Å². The summed E-state index contributed by atoms with van der Waals surface area (Å²) in [5.74, 6) is 0.364. The highest BCUT2D eigenvalue weighted by Crippen LogP contribution is 2.34. The molecule has 1 unspecified atom stereocenters. The molecule has 118 valence electrons. The number of alkyl halides is 2. The fraction of sp³-hybridized carbons (Fsp3) is 0.500. The fourth-order valence-electron chi connectivity index (χ4n) is 1.91. The van der Waals surface area contributed by atoms with Gasteiger partial charge < -0.3 is 14.8 Å². The number of ether oxygens (including phenoxy) is 2. The standard InChI is InChI=1S/C16H23F2NO2/c1-5-9-19-12(3)11(2)10-13-7-6-8-14(20-4)15(13)21-16(17)18/h6-8,10,12,16,19H,5,9H2,1-4H3/b11-10+. The van der Waals surface area contributed by atoms with Gasteiger partial charge in [0.15, 0.2) is 11.5 Å². The van der Waals surface area contributed by atoms with Gasteiger partial charge in [-0.2, -0.15) is 8.78 Å². The van der Waals surface area contributed by atoms with E-state index < -0.39 is 6.61 Å². The average Bonchev–Trinajstić information content (AvgIpc) is 2.45. The molecule has 1 aromatic rings. The Morgan fingerprint density at radius 1 is 1.38 bits per heavy atom. The number of benzene rings is 1. The van der Waals surface area contributed by atoms with Crippen molar-refractivity contribution in [1.82, 2.24) is 5.32 Å². The van der Waals surface area contributed by atoms with Crippen molar-refractivity contribution in [2.45, 2.75) is 39.8 Å². The molecule has 0 aromatic heterocycles. The van der Waals surface area contributed by atoms with E-state index in [-0.39, 0.29) is 11.8 Å². The fourth-order valence-corrected chi connectivity index (χ4v) is 1.91. The maximum Gasteiger partial charge on any atom is 0.387 e. The Morgan fingerprint density at radius 3 is 2.67 bits per heavy atom. The van der Waals surface area contributed by atoms with Gasteiger partial charge in [-0.15, -0.1) is 0 Å². The molecule has 21 heavy (non-hydrogen) atoms. The summed E-state index contributed by atoms with van der Waals surface area (Å²) >= 11 is 0. The molecule has 0 radical (unpaired) electrons. The smallest absolute Gasteiger partial charge is 0.387 e. The maximum absolute atomic E-state index is 12.6. The lowest BCUT2D eigenvalue weighted by molar-refractivity contribution is -0.0513. The van der Waals surface area contributed by atoms with E-state index in [1.807, 2.05) is 19.9 Å². The number of halogens is 2. The van der Waals surface area contributed by atoms with E-state index in [0.29, 0.717) is 11.3 Å². The van der Waals surface area contributed by atoms with Crippen LogP contribution >= 0.6 is 0 Å². The molecule has 1 aromatic carbocycles. The van der Waals surface area contributed by atoms with Crippen LogP contribution in [0.1, 0.15) is 32.8 Å². The number of para-hydroxylation sites is 1. The van der Waals surface area contributed by atoms with Gasteiger partial charge in [-0.1, -0.05) is 30.7 Å². The van der Waals surface area contributed by atoms with Crippen LogP contribution in [0.25, 0.3) is 6.08 Å². The number of rotatable bonds is 8. The van der Waals surface area contributed by atoms with Crippen molar-refractivity contribution in [2.75, 3.05) is 13.7 Å². The summed E-state index contributed by atoms with van der Waals surface area (Å²) in [6, 6.07) is 5.25. The van der Waals surface area contributed by atoms with Crippen LogP contribution in [-0.4, -0.2) is 26.3 Å². The minimum Gasteiger partial charge on any atom is -0.493 e. The number of nitrogens with one attached hydrogen (secondary N) is 1. The predicted octanol–water partition coefficient (Wildman–Crippen LogP) is 4.09. The summed E-state index contributed by atoms with van der Waals surface area (Å²) < 4.78 is 34.8. The summed E-state index contributed by atoms with van der Waals surface area (Å²) in [5.41, 5.74) is 1.62. The SMILES string of the molecule is CCCNC(C)/C(C)=C/c1cccc(OC)c1OC(F)F. The molecule has 0 amide bonds. The molecule has 1 rings (SSSR count). The second-order valence-corrected chi connectivity index (χ2v) is 4.82. The summed E-state index contributed by atoms with van der Waals surface area (Å²) in [6.45, 7) is 4.11. The summed E-state index contributed by atoms with van der Waals surface area (Å²) in [5, 5.41) is 3.35. The normalized spacial score (nSPS) is 13.4. The highest BCUT2D eigenvalue weighted by Gasteiger charge is 2.15. The van der Waals surface area contributed by atoms with Gasteiger partial charge in [-0.3, -0.25) is 0 Å². The zero-order chi connectivity index (χ0) is 15.8. The maximum atomic E-state index is 12.6. The van der Waals surface area contributed by atoms with Crippen molar-refractivity contribution in [3.63, 3.8) is 0 Å². The van der Waals surface area contributed by atoms with E-state index in [4.69, 9.17) is 4.74 Å². The Bertz CT molecular complexity index is 475. The molecule has 0 bridgehead atoms. The number of hydrogen-bond acceptors (Lipinski definition) is 3. The first-order chi connectivity index (χ1) is 9.99. The van der Waals surface area contributed by atoms with E-state index in [1.54, 1.807) is 18.2 Å². The Labute approximate surface area is 124 Å². The summed E-state index contributed by atoms with van der Waals surface area (Å²) in [4.78, 5) is 0. The highest BCUT2D eigenvalue weighted by molar-refractivity contribution is 5.64. The van der Waals surface area contributed by atoms with Gasteiger partial charge in [-0.05, 0) is 32.9 Å². The molecule has 1 atom stereocenters. The molecule has 3 nitrogen and oxygen atoms in total. The first-order valence-corrected chi connectivity index (χ1v) is 7.03. The van der Waals surface area contributed by atoms with E-state index in [2.05, 4.69) is 17.0 Å². The molecule has 0 spiro atoms. The van der Waals surface area contributed by atoms with Crippen LogP contribution in [0.15, 0.2) is 23.8 Å². The monoisotopic (exact) mass is 299 g/mol. The quantitative estimate of drug-likeness (QED) is 0.784. The Morgan fingerprint density at radius 2 is 2.10 bits per heavy atom. The molecular weight excluding hydrogens is 276 g/mol. The second-order valence-electron chi connectivity index (χ2n) is 4.82. The molecule has 0 aliphatic heterocycles. The van der Waals surface area contributed by atoms with Crippen LogP contribution in [0.4, 0.5) is 8.78 Å². The zero-order valence-corrected chi connectivity index (χ0v) is 13.0. The van der Waals surface area contributed by atoms with Gasteiger partial charge in [0.2, 0.25) is 0 Å². The van der Waals surface area contributed by atoms with Crippen molar-refractivity contribution in [3.8, 4) is 11.5 Å². The second kappa shape index (κ2) is 8.62. The topological polar surface area (TPSA) is 30.5 Å². The third-order valence-electron chi connectivity index (χ3n) is 3.20. The van der Waals surface area contributed by atoms with Crippen LogP contribution < -0.4 is 14.8 Å². The molecule has 0 aliphatic carbocycles. The average molecular weight is 299 g/mol. The lowest BCUT2D eigenvalue weighted by Crippen LogP contribution is -2.27. The molecule has 0 saturated heterocycles. The number of methoxy groups -OCH3 is 1. The molecule has 0 heterocycles. The van der Waals surface area contributed by atoms with Crippen molar-refractivity contribution in [1.29, 1.82) is 0 Å². The van der Waals surface area contributed by atoms with Crippen LogP contribution in [0, 0.1) is 0 Å². The first-order valence-electron chi connectivity index (χ1n) is 7.03. The van der Waals surface area contributed by atoms with E-state index in [1.165, 1.54) is 7.11 Å². The minimum atomic E-state index is -2.88. The third kappa shape index (κ3) is 5.34. The van der Waals surface area contributed by atoms with Crippen molar-refractivity contribution in [2.24, 2.45) is 0 Å². The molecule has 0 fully saturated rings. The van der Waals surface area contributed by atoms with Gasteiger partial charge in [0, 0.05) is 11.6 Å². The van der Waals surface area contributed by atoms with Crippen LogP contribution in [0.2, 0.25) is 0 Å². The lowest BCUT2D eigenvalue weighted by Gasteiger charge is -2.16. The van der Waals surface area contributed by atoms with Crippen LogP contribution in [0.5, 0.6) is 11.5 Å². The van der Waals surface area contributed by atoms with Gasteiger partial charge in [0.1, 0.15) is 0 Å². The largest absolute Gasteiger partial charge is 0.493 e. The van der Waals surface area contributed by atoms with Crippen molar-refractivity contribution in [3.05, 3.63) is 29.3 Å². The predicted molar refractivity (Wildman–Crippen MR) is 81.0 cm³/mol. The first kappa shape index (κ1) is 17.4. The summed E-state index contributed by atoms with van der Waals surface area (Å²) in [7, 11) is 1.43. The Hall–Kier alpha value is -1.62. The molecule has 1 N–H and O–H groups in total.